The molecule has 0 aromatic heterocycles. The number of unbranched alkanes of at least 4 members (excludes halogenated alkanes) is 2. The molecule has 0 bridgehead atoms. The second kappa shape index (κ2) is 18.1. The molecule has 0 aliphatic rings. The van der Waals surface area contributed by atoms with Gasteiger partial charge in [-0.25, -0.2) is 0 Å². The Bertz CT molecular complexity index is 1830. The zero-order chi connectivity index (χ0) is 36.1. The van der Waals surface area contributed by atoms with E-state index < -0.39 is 0 Å². The topological polar surface area (TPSA) is 65.4 Å². The van der Waals surface area contributed by atoms with Crippen molar-refractivity contribution in [1.29, 1.82) is 0 Å². The minimum absolute atomic E-state index is 0.185. The van der Waals surface area contributed by atoms with Gasteiger partial charge in [0.25, 0.3) is 0 Å². The van der Waals surface area contributed by atoms with Crippen LogP contribution in [0.4, 0.5) is 34.1 Å². The third-order valence-electron chi connectivity index (χ3n) is 8.94. The summed E-state index contributed by atoms with van der Waals surface area (Å²) in [4.78, 5) is 4.53. The zero-order valence-corrected chi connectivity index (χ0v) is 30.1. The molecule has 0 fully saturated rings. The van der Waals surface area contributed by atoms with Gasteiger partial charge in [-0.1, -0.05) is 48.5 Å². The molecule has 6 rings (SSSR count). The fourth-order valence-corrected chi connectivity index (χ4v) is 6.23. The molecular weight excluding hydrogens is 645 g/mol. The second-order valence-electron chi connectivity index (χ2n) is 13.0. The van der Waals surface area contributed by atoms with E-state index in [1.165, 1.54) is 11.1 Å². The van der Waals surface area contributed by atoms with Crippen molar-refractivity contribution in [2.24, 2.45) is 0 Å². The van der Waals surface area contributed by atoms with E-state index in [9.17, 15) is 0 Å². The molecule has 0 amide bonds. The van der Waals surface area contributed by atoms with Gasteiger partial charge in [-0.2, -0.15) is 0 Å². The second-order valence-corrected chi connectivity index (χ2v) is 13.0. The van der Waals surface area contributed by atoms with Crippen LogP contribution in [0.3, 0.4) is 0 Å². The predicted octanol–water partition coefficient (Wildman–Crippen LogP) is 11.2. The summed E-state index contributed by atoms with van der Waals surface area (Å²) in [5.41, 5.74) is 11.1. The van der Waals surface area contributed by atoms with Crippen LogP contribution in [0.1, 0.15) is 36.8 Å². The van der Waals surface area contributed by atoms with E-state index in [4.69, 9.17) is 19.7 Å². The summed E-state index contributed by atoms with van der Waals surface area (Å²) < 4.78 is 11.8. The van der Waals surface area contributed by atoms with E-state index in [1.807, 2.05) is 24.3 Å². The number of aliphatic hydroxyl groups is 2. The molecule has 0 radical (unpaired) electrons. The Balaban J connectivity index is 1.24. The van der Waals surface area contributed by atoms with Crippen molar-refractivity contribution < 1.29 is 19.7 Å². The van der Waals surface area contributed by atoms with Crippen molar-refractivity contribution in [1.82, 2.24) is 0 Å². The molecule has 0 heterocycles. The molecule has 0 atom stereocenters. The molecule has 6 aromatic carbocycles. The Hall–Kier alpha value is -5.56. The molecule has 0 aliphatic heterocycles. The molecular formula is C46H48N2O4. The van der Waals surface area contributed by atoms with Crippen LogP contribution in [0.5, 0.6) is 11.5 Å². The summed E-state index contributed by atoms with van der Waals surface area (Å²) in [6.07, 6.45) is 3.13. The summed E-state index contributed by atoms with van der Waals surface area (Å²) >= 11 is 0. The van der Waals surface area contributed by atoms with E-state index in [1.54, 1.807) is 0 Å². The molecule has 0 aliphatic carbocycles. The lowest BCUT2D eigenvalue weighted by molar-refractivity contribution is 0.253. The molecule has 52 heavy (non-hydrogen) atoms. The van der Waals surface area contributed by atoms with E-state index in [0.717, 1.165) is 82.4 Å². The number of rotatable bonds is 17. The number of aryl methyl sites for hydroxylation is 2. The van der Waals surface area contributed by atoms with Gasteiger partial charge in [0.05, 0.1) is 13.2 Å². The van der Waals surface area contributed by atoms with Gasteiger partial charge in [0.2, 0.25) is 0 Å². The van der Waals surface area contributed by atoms with Gasteiger partial charge < -0.3 is 29.5 Å². The SMILES string of the molecule is Cc1cccc(N(c2ccc(OCCCCO)cc2)c2ccc(-c3ccc(N(c4ccc(OCCCCO)cc4)c4cccc(C)c4)cc3)cc2)c1. The van der Waals surface area contributed by atoms with Gasteiger partial charge in [0, 0.05) is 47.3 Å². The zero-order valence-electron chi connectivity index (χ0n) is 30.1. The first-order valence-corrected chi connectivity index (χ1v) is 18.1. The molecule has 0 unspecified atom stereocenters. The fraction of sp³-hybridized carbons (Fsp3) is 0.217. The van der Waals surface area contributed by atoms with Crippen LogP contribution in [0, 0.1) is 13.8 Å². The highest BCUT2D eigenvalue weighted by Gasteiger charge is 2.15. The average molecular weight is 693 g/mol. The summed E-state index contributed by atoms with van der Waals surface area (Å²) in [6.45, 7) is 5.77. The minimum Gasteiger partial charge on any atom is -0.494 e. The Kier molecular flexibility index (Phi) is 12.6. The van der Waals surface area contributed by atoms with Gasteiger partial charge in [0.1, 0.15) is 11.5 Å². The van der Waals surface area contributed by atoms with Crippen LogP contribution in [-0.4, -0.2) is 36.6 Å². The predicted molar refractivity (Wildman–Crippen MR) is 214 cm³/mol. The smallest absolute Gasteiger partial charge is 0.119 e. The molecule has 2 N–H and O–H groups in total. The highest BCUT2D eigenvalue weighted by molar-refractivity contribution is 5.81. The fourth-order valence-electron chi connectivity index (χ4n) is 6.23. The maximum atomic E-state index is 9.06. The van der Waals surface area contributed by atoms with E-state index in [2.05, 4.69) is 145 Å². The van der Waals surface area contributed by atoms with Gasteiger partial charge in [-0.05, 0) is 159 Å². The Morgan fingerprint density at radius 1 is 0.404 bits per heavy atom. The van der Waals surface area contributed by atoms with E-state index in [0.29, 0.717) is 13.2 Å². The molecule has 266 valence electrons. The van der Waals surface area contributed by atoms with Crippen molar-refractivity contribution in [3.05, 3.63) is 157 Å². The average Bonchev–Trinajstić information content (AvgIpc) is 3.17. The standard InChI is InChI=1S/C46H48N2O4/c1-35-9-7-11-43(33-35)47(41-21-25-45(26-22-41)51-31-5-3-29-49)39-17-13-37(14-18-39)38-15-19-40(20-16-38)48(44-12-8-10-36(2)34-44)42-23-27-46(28-24-42)52-32-6-4-30-50/h7-28,33-34,49-50H,3-6,29-32H2,1-2H3. The van der Waals surface area contributed by atoms with Crippen LogP contribution in [-0.2, 0) is 0 Å². The molecule has 6 nitrogen and oxygen atoms in total. The van der Waals surface area contributed by atoms with Crippen molar-refractivity contribution in [3.63, 3.8) is 0 Å². The summed E-state index contributed by atoms with van der Waals surface area (Å²) in [5.74, 6) is 1.64. The normalized spacial score (nSPS) is 10.9. The van der Waals surface area contributed by atoms with Crippen LogP contribution >= 0.6 is 0 Å². The molecule has 0 spiro atoms. The van der Waals surface area contributed by atoms with Gasteiger partial charge in [0.15, 0.2) is 0 Å². The lowest BCUT2D eigenvalue weighted by Gasteiger charge is -2.27. The van der Waals surface area contributed by atoms with E-state index in [-0.39, 0.29) is 13.2 Å². The highest BCUT2D eigenvalue weighted by Crippen LogP contribution is 2.39. The Morgan fingerprint density at radius 2 is 0.750 bits per heavy atom. The number of nitrogens with zero attached hydrogens (tertiary/aromatic N) is 2. The van der Waals surface area contributed by atoms with E-state index >= 15 is 0 Å². The largest absolute Gasteiger partial charge is 0.494 e. The molecule has 0 saturated heterocycles. The van der Waals surface area contributed by atoms with Gasteiger partial charge in [-0.3, -0.25) is 0 Å². The van der Waals surface area contributed by atoms with Crippen molar-refractivity contribution in [2.45, 2.75) is 39.5 Å². The number of anilines is 6. The number of aliphatic hydroxyl groups excluding tert-OH is 2. The van der Waals surface area contributed by atoms with Crippen LogP contribution in [0.2, 0.25) is 0 Å². The number of hydrogen-bond donors (Lipinski definition) is 2. The monoisotopic (exact) mass is 692 g/mol. The quantitative estimate of drug-likeness (QED) is 0.0928. The lowest BCUT2D eigenvalue weighted by atomic mass is 10.0. The summed E-state index contributed by atoms with van der Waals surface area (Å²) in [5, 5.41) is 18.1. The highest BCUT2D eigenvalue weighted by atomic mass is 16.5. The number of benzene rings is 6. The minimum atomic E-state index is 0.185. The molecule has 6 heteroatoms. The summed E-state index contributed by atoms with van der Waals surface area (Å²) in [6, 6.07) is 51.0. The maximum Gasteiger partial charge on any atom is 0.119 e. The third kappa shape index (κ3) is 9.40. The number of ether oxygens (including phenoxy) is 2. The maximum absolute atomic E-state index is 9.06. The lowest BCUT2D eigenvalue weighted by Crippen LogP contribution is -2.10. The summed E-state index contributed by atoms with van der Waals surface area (Å²) in [7, 11) is 0. The van der Waals surface area contributed by atoms with Crippen LogP contribution < -0.4 is 19.3 Å². The Morgan fingerprint density at radius 3 is 1.08 bits per heavy atom. The number of hydrogen-bond acceptors (Lipinski definition) is 6. The van der Waals surface area contributed by atoms with Gasteiger partial charge in [-0.15, -0.1) is 0 Å². The molecule has 0 saturated carbocycles. The Labute approximate surface area is 308 Å². The van der Waals surface area contributed by atoms with Crippen LogP contribution in [0.25, 0.3) is 11.1 Å². The first kappa shape index (κ1) is 36.2. The van der Waals surface area contributed by atoms with Crippen molar-refractivity contribution in [3.8, 4) is 22.6 Å². The molecule has 6 aromatic rings. The first-order valence-electron chi connectivity index (χ1n) is 18.1. The first-order chi connectivity index (χ1) is 25.5. The third-order valence-corrected chi connectivity index (χ3v) is 8.94. The van der Waals surface area contributed by atoms with Crippen LogP contribution in [0.15, 0.2) is 146 Å². The van der Waals surface area contributed by atoms with Crippen molar-refractivity contribution in [2.75, 3.05) is 36.2 Å². The van der Waals surface area contributed by atoms with Gasteiger partial charge >= 0.3 is 0 Å². The van der Waals surface area contributed by atoms with Crippen molar-refractivity contribution >= 4 is 34.1 Å².